The van der Waals surface area contributed by atoms with Gasteiger partial charge in [0.15, 0.2) is 11.5 Å². The Bertz CT molecular complexity index is 453. The summed E-state index contributed by atoms with van der Waals surface area (Å²) in [5, 5.41) is 3.99. The van der Waals surface area contributed by atoms with Gasteiger partial charge in [-0.15, -0.1) is 6.58 Å². The summed E-state index contributed by atoms with van der Waals surface area (Å²) in [7, 11) is 1.62. The summed E-state index contributed by atoms with van der Waals surface area (Å²) in [5.41, 5.74) is 1.12. The molecule has 0 amide bonds. The van der Waals surface area contributed by atoms with Gasteiger partial charge in [-0.25, -0.2) is 0 Å². The van der Waals surface area contributed by atoms with Crippen molar-refractivity contribution in [1.82, 2.24) is 5.32 Å². The third-order valence-electron chi connectivity index (χ3n) is 2.68. The van der Waals surface area contributed by atoms with Crippen LogP contribution in [-0.2, 0) is 6.54 Å². The van der Waals surface area contributed by atoms with Crippen molar-refractivity contribution in [3.63, 3.8) is 0 Å². The van der Waals surface area contributed by atoms with Crippen LogP contribution >= 0.6 is 11.6 Å². The summed E-state index contributed by atoms with van der Waals surface area (Å²) in [4.78, 5) is 0. The minimum absolute atomic E-state index is 0.0544. The quantitative estimate of drug-likeness (QED) is 0.604. The van der Waals surface area contributed by atoms with Crippen LogP contribution < -0.4 is 14.8 Å². The van der Waals surface area contributed by atoms with Crippen molar-refractivity contribution in [3.05, 3.63) is 35.4 Å². The second kappa shape index (κ2) is 7.55. The Morgan fingerprint density at radius 3 is 2.60 bits per heavy atom. The number of halogens is 1. The Balaban J connectivity index is 2.86. The first-order valence-corrected chi connectivity index (χ1v) is 7.10. The molecular formula is C16H24ClNO2. The summed E-state index contributed by atoms with van der Waals surface area (Å²) in [6, 6.07) is 3.86. The lowest BCUT2D eigenvalue weighted by Crippen LogP contribution is -2.35. The normalized spacial score (nSPS) is 11.2. The van der Waals surface area contributed by atoms with E-state index in [4.69, 9.17) is 21.1 Å². The molecule has 0 saturated carbocycles. The SMILES string of the molecule is C=CCCOc1c(Cl)cc(CNC(C)(C)C)cc1OC. The first-order chi connectivity index (χ1) is 9.37. The number of rotatable bonds is 7. The van der Waals surface area contributed by atoms with E-state index in [2.05, 4.69) is 32.7 Å². The minimum atomic E-state index is 0.0544. The zero-order valence-electron chi connectivity index (χ0n) is 12.8. The maximum absolute atomic E-state index is 6.28. The smallest absolute Gasteiger partial charge is 0.179 e. The summed E-state index contributed by atoms with van der Waals surface area (Å²) < 4.78 is 11.0. The van der Waals surface area contributed by atoms with Gasteiger partial charge in [-0.1, -0.05) is 17.7 Å². The number of methoxy groups -OCH3 is 1. The van der Waals surface area contributed by atoms with E-state index >= 15 is 0 Å². The van der Waals surface area contributed by atoms with Crippen LogP contribution in [0.15, 0.2) is 24.8 Å². The van der Waals surface area contributed by atoms with Crippen LogP contribution in [0.5, 0.6) is 11.5 Å². The predicted octanol–water partition coefficient (Wildman–Crippen LogP) is 4.19. The van der Waals surface area contributed by atoms with Crippen LogP contribution in [0.3, 0.4) is 0 Å². The molecule has 0 aliphatic heterocycles. The summed E-state index contributed by atoms with van der Waals surface area (Å²) >= 11 is 6.28. The van der Waals surface area contributed by atoms with Gasteiger partial charge in [0.25, 0.3) is 0 Å². The van der Waals surface area contributed by atoms with Crippen molar-refractivity contribution >= 4 is 11.6 Å². The Morgan fingerprint density at radius 2 is 2.05 bits per heavy atom. The monoisotopic (exact) mass is 297 g/mol. The summed E-state index contributed by atoms with van der Waals surface area (Å²) in [6.07, 6.45) is 2.58. The molecule has 1 rings (SSSR count). The van der Waals surface area contributed by atoms with E-state index in [1.807, 2.05) is 18.2 Å². The lowest BCUT2D eigenvalue weighted by atomic mass is 10.1. The maximum Gasteiger partial charge on any atom is 0.179 e. The molecule has 0 atom stereocenters. The maximum atomic E-state index is 6.28. The van der Waals surface area contributed by atoms with E-state index < -0.39 is 0 Å². The number of nitrogens with one attached hydrogen (secondary N) is 1. The molecule has 20 heavy (non-hydrogen) atoms. The van der Waals surface area contributed by atoms with Crippen molar-refractivity contribution in [3.8, 4) is 11.5 Å². The van der Waals surface area contributed by atoms with E-state index in [9.17, 15) is 0 Å². The second-order valence-corrected chi connectivity index (χ2v) is 6.05. The van der Waals surface area contributed by atoms with E-state index in [0.29, 0.717) is 23.1 Å². The minimum Gasteiger partial charge on any atom is -0.493 e. The molecule has 0 aromatic heterocycles. The Kier molecular flexibility index (Phi) is 6.37. The zero-order valence-corrected chi connectivity index (χ0v) is 13.5. The largest absolute Gasteiger partial charge is 0.493 e. The third kappa shape index (κ3) is 5.43. The average molecular weight is 298 g/mol. The van der Waals surface area contributed by atoms with E-state index in [-0.39, 0.29) is 5.54 Å². The molecule has 3 nitrogen and oxygen atoms in total. The molecule has 1 aromatic carbocycles. The first kappa shape index (κ1) is 16.9. The molecule has 1 N–H and O–H groups in total. The van der Waals surface area contributed by atoms with Crippen molar-refractivity contribution in [2.45, 2.75) is 39.3 Å². The van der Waals surface area contributed by atoms with Crippen LogP contribution in [-0.4, -0.2) is 19.3 Å². The number of hydrogen-bond acceptors (Lipinski definition) is 3. The fraction of sp³-hybridized carbons (Fsp3) is 0.500. The van der Waals surface area contributed by atoms with Crippen LogP contribution in [0.4, 0.5) is 0 Å². The van der Waals surface area contributed by atoms with Gasteiger partial charge in [-0.3, -0.25) is 0 Å². The highest BCUT2D eigenvalue weighted by Gasteiger charge is 2.14. The van der Waals surface area contributed by atoms with E-state index in [1.54, 1.807) is 7.11 Å². The Hall–Kier alpha value is -1.19. The van der Waals surface area contributed by atoms with Crippen LogP contribution in [0.25, 0.3) is 0 Å². The lowest BCUT2D eigenvalue weighted by molar-refractivity contribution is 0.299. The number of ether oxygens (including phenoxy) is 2. The average Bonchev–Trinajstić information content (AvgIpc) is 2.37. The number of benzene rings is 1. The van der Waals surface area contributed by atoms with Crippen molar-refractivity contribution in [1.29, 1.82) is 0 Å². The summed E-state index contributed by atoms with van der Waals surface area (Å²) in [5.74, 6) is 1.25. The predicted molar refractivity (Wildman–Crippen MR) is 84.9 cm³/mol. The van der Waals surface area contributed by atoms with Gasteiger partial charge in [0.2, 0.25) is 0 Å². The van der Waals surface area contributed by atoms with Crippen LogP contribution in [0.2, 0.25) is 5.02 Å². The van der Waals surface area contributed by atoms with Gasteiger partial charge in [0.1, 0.15) is 0 Å². The molecule has 1 aromatic rings. The third-order valence-corrected chi connectivity index (χ3v) is 2.96. The standard InChI is InChI=1S/C16H24ClNO2/c1-6-7-8-20-15-13(17)9-12(10-14(15)19-5)11-18-16(2,3)4/h6,9-10,18H,1,7-8,11H2,2-5H3. The Labute approximate surface area is 126 Å². The molecule has 0 heterocycles. The summed E-state index contributed by atoms with van der Waals surface area (Å²) in [6.45, 7) is 11.3. The number of hydrogen-bond donors (Lipinski definition) is 1. The fourth-order valence-electron chi connectivity index (χ4n) is 1.63. The molecule has 0 spiro atoms. The fourth-order valence-corrected chi connectivity index (χ4v) is 1.91. The van der Waals surface area contributed by atoms with Crippen LogP contribution in [0.1, 0.15) is 32.8 Å². The lowest BCUT2D eigenvalue weighted by Gasteiger charge is -2.21. The van der Waals surface area contributed by atoms with Gasteiger partial charge >= 0.3 is 0 Å². The highest BCUT2D eigenvalue weighted by atomic mass is 35.5. The van der Waals surface area contributed by atoms with Gasteiger partial charge < -0.3 is 14.8 Å². The molecule has 0 bridgehead atoms. The second-order valence-electron chi connectivity index (χ2n) is 5.64. The molecule has 0 aliphatic carbocycles. The molecule has 0 saturated heterocycles. The molecule has 112 valence electrons. The topological polar surface area (TPSA) is 30.5 Å². The zero-order chi connectivity index (χ0) is 15.2. The van der Waals surface area contributed by atoms with Gasteiger partial charge in [-0.05, 0) is 44.9 Å². The van der Waals surface area contributed by atoms with E-state index in [0.717, 1.165) is 18.5 Å². The molecular weight excluding hydrogens is 274 g/mol. The molecule has 0 unspecified atom stereocenters. The molecule has 0 radical (unpaired) electrons. The molecule has 0 fully saturated rings. The molecule has 4 heteroatoms. The molecule has 0 aliphatic rings. The van der Waals surface area contributed by atoms with E-state index in [1.165, 1.54) is 0 Å². The van der Waals surface area contributed by atoms with Gasteiger partial charge in [0, 0.05) is 12.1 Å². The van der Waals surface area contributed by atoms with Crippen molar-refractivity contribution in [2.24, 2.45) is 0 Å². The van der Waals surface area contributed by atoms with Gasteiger partial charge in [0.05, 0.1) is 18.7 Å². The Morgan fingerprint density at radius 1 is 1.35 bits per heavy atom. The van der Waals surface area contributed by atoms with Crippen LogP contribution in [0, 0.1) is 0 Å². The van der Waals surface area contributed by atoms with Crippen molar-refractivity contribution in [2.75, 3.05) is 13.7 Å². The first-order valence-electron chi connectivity index (χ1n) is 6.72. The van der Waals surface area contributed by atoms with Gasteiger partial charge in [-0.2, -0.15) is 0 Å². The van der Waals surface area contributed by atoms with Crippen molar-refractivity contribution < 1.29 is 9.47 Å². The highest BCUT2D eigenvalue weighted by molar-refractivity contribution is 6.32. The highest BCUT2D eigenvalue weighted by Crippen LogP contribution is 2.36.